The van der Waals surface area contributed by atoms with Gasteiger partial charge < -0.3 is 5.32 Å². The molecule has 1 amide bonds. The standard InChI is InChI=1S/C18H33N5O2/c1-10-7-14(9-19-22-10)17(24)21-16-6-4-12-8-13(3-5-15(12)16)18-20-11(2)23-25-18/h10-16,18-20,22-23H,3-9H2,1-2H3,(H,21,24)/t10?,11?,12?,13?,14?,15?,16-,18?/m1/s1. The van der Waals surface area contributed by atoms with Crippen molar-refractivity contribution in [3.63, 3.8) is 0 Å². The molecule has 4 fully saturated rings. The van der Waals surface area contributed by atoms with Crippen molar-refractivity contribution in [1.29, 1.82) is 0 Å². The molecule has 0 radical (unpaired) electrons. The number of carbonyl (C=O) groups is 1. The molecule has 2 aliphatic carbocycles. The summed E-state index contributed by atoms with van der Waals surface area (Å²) in [6.45, 7) is 4.94. The van der Waals surface area contributed by atoms with Gasteiger partial charge in [-0.25, -0.2) is 0 Å². The molecule has 8 atom stereocenters. The first-order chi connectivity index (χ1) is 12.1. The van der Waals surface area contributed by atoms with Crippen LogP contribution in [0.3, 0.4) is 0 Å². The second-order valence-corrected chi connectivity index (χ2v) is 8.59. The quantitative estimate of drug-likeness (QED) is 0.512. The lowest BCUT2D eigenvalue weighted by Crippen LogP contribution is -2.54. The third kappa shape index (κ3) is 3.85. The maximum absolute atomic E-state index is 12.7. The van der Waals surface area contributed by atoms with Gasteiger partial charge in [0.1, 0.15) is 6.23 Å². The monoisotopic (exact) mass is 351 g/mol. The highest BCUT2D eigenvalue weighted by molar-refractivity contribution is 5.79. The molecule has 0 aromatic carbocycles. The van der Waals surface area contributed by atoms with Crippen molar-refractivity contribution in [3.8, 4) is 0 Å². The molecule has 0 aromatic rings. The van der Waals surface area contributed by atoms with Crippen molar-refractivity contribution < 1.29 is 9.63 Å². The van der Waals surface area contributed by atoms with Crippen LogP contribution in [0.5, 0.6) is 0 Å². The number of hydrogen-bond donors (Lipinski definition) is 5. The molecular weight excluding hydrogens is 318 g/mol. The van der Waals surface area contributed by atoms with E-state index >= 15 is 0 Å². The Kier molecular flexibility index (Phi) is 5.29. The first-order valence-electron chi connectivity index (χ1n) is 10.1. The van der Waals surface area contributed by atoms with E-state index in [2.05, 4.69) is 40.8 Å². The van der Waals surface area contributed by atoms with E-state index in [9.17, 15) is 4.79 Å². The minimum atomic E-state index is 0.0929. The number of fused-ring (bicyclic) bond motifs is 1. The van der Waals surface area contributed by atoms with Crippen LogP contribution in [0.15, 0.2) is 0 Å². The van der Waals surface area contributed by atoms with Crippen molar-refractivity contribution in [2.45, 2.75) is 76.8 Å². The lowest BCUT2D eigenvalue weighted by Gasteiger charge is -2.37. The molecule has 0 spiro atoms. The fraction of sp³-hybridized carbons (Fsp3) is 0.944. The van der Waals surface area contributed by atoms with E-state index in [1.165, 1.54) is 25.7 Å². The highest BCUT2D eigenvalue weighted by Crippen LogP contribution is 2.45. The highest BCUT2D eigenvalue weighted by atomic mass is 16.7. The number of rotatable bonds is 3. The Labute approximate surface area is 150 Å². The Balaban J connectivity index is 1.29. The van der Waals surface area contributed by atoms with Gasteiger partial charge in [0.25, 0.3) is 0 Å². The van der Waals surface area contributed by atoms with Gasteiger partial charge in [0.05, 0.1) is 12.1 Å². The third-order valence-corrected chi connectivity index (χ3v) is 6.69. The normalized spacial score (nSPS) is 47.4. The second-order valence-electron chi connectivity index (χ2n) is 8.59. The fourth-order valence-corrected chi connectivity index (χ4v) is 5.40. The Morgan fingerprint density at radius 3 is 2.68 bits per heavy atom. The largest absolute Gasteiger partial charge is 0.353 e. The maximum Gasteiger partial charge on any atom is 0.224 e. The summed E-state index contributed by atoms with van der Waals surface area (Å²) in [5.41, 5.74) is 9.36. The van der Waals surface area contributed by atoms with Gasteiger partial charge in [0.15, 0.2) is 0 Å². The van der Waals surface area contributed by atoms with Crippen LogP contribution in [0.2, 0.25) is 0 Å². The van der Waals surface area contributed by atoms with Gasteiger partial charge in [-0.2, -0.15) is 5.48 Å². The number of carbonyl (C=O) groups excluding carboxylic acids is 1. The number of hydrazine groups is 1. The summed E-state index contributed by atoms with van der Waals surface area (Å²) in [5.74, 6) is 2.31. The molecule has 2 aliphatic heterocycles. The van der Waals surface area contributed by atoms with Crippen molar-refractivity contribution in [1.82, 2.24) is 27.0 Å². The van der Waals surface area contributed by atoms with E-state index in [4.69, 9.17) is 4.84 Å². The van der Waals surface area contributed by atoms with Crippen LogP contribution in [-0.4, -0.2) is 36.9 Å². The summed E-state index contributed by atoms with van der Waals surface area (Å²) in [5, 5.41) is 6.87. The van der Waals surface area contributed by atoms with E-state index in [0.717, 1.165) is 25.3 Å². The SMILES string of the molecule is CC1CC(C(=O)N[C@@H]2CCC3CC(C4NC(C)NO4)CCC32)CNN1. The molecule has 142 valence electrons. The average Bonchev–Trinajstić information content (AvgIpc) is 3.21. The van der Waals surface area contributed by atoms with Gasteiger partial charge in [-0.1, -0.05) is 0 Å². The van der Waals surface area contributed by atoms with Gasteiger partial charge in [0.2, 0.25) is 5.91 Å². The van der Waals surface area contributed by atoms with Crippen molar-refractivity contribution in [2.75, 3.05) is 6.54 Å². The van der Waals surface area contributed by atoms with Crippen LogP contribution in [0, 0.1) is 23.7 Å². The smallest absolute Gasteiger partial charge is 0.224 e. The van der Waals surface area contributed by atoms with Crippen LogP contribution in [0.25, 0.3) is 0 Å². The van der Waals surface area contributed by atoms with E-state index < -0.39 is 0 Å². The molecule has 2 saturated carbocycles. The molecule has 5 N–H and O–H groups in total. The predicted octanol–water partition coefficient (Wildman–Crippen LogP) is 0.597. The number of hydrogen-bond acceptors (Lipinski definition) is 6. The summed E-state index contributed by atoms with van der Waals surface area (Å²) in [6, 6.07) is 0.726. The zero-order valence-electron chi connectivity index (χ0n) is 15.4. The van der Waals surface area contributed by atoms with Gasteiger partial charge in [0, 0.05) is 24.5 Å². The predicted molar refractivity (Wildman–Crippen MR) is 94.8 cm³/mol. The minimum absolute atomic E-state index is 0.0929. The van der Waals surface area contributed by atoms with Gasteiger partial charge in [-0.3, -0.25) is 25.8 Å². The molecule has 2 heterocycles. The van der Waals surface area contributed by atoms with Crippen LogP contribution >= 0.6 is 0 Å². The van der Waals surface area contributed by atoms with Gasteiger partial charge in [-0.05, 0) is 64.2 Å². The topological polar surface area (TPSA) is 86.5 Å². The van der Waals surface area contributed by atoms with E-state index in [-0.39, 0.29) is 24.2 Å². The van der Waals surface area contributed by atoms with Crippen LogP contribution in [0.1, 0.15) is 52.4 Å². The Morgan fingerprint density at radius 2 is 1.92 bits per heavy atom. The molecule has 4 aliphatic rings. The summed E-state index contributed by atoms with van der Waals surface area (Å²) in [4.78, 5) is 18.4. The van der Waals surface area contributed by atoms with E-state index in [0.29, 0.717) is 23.9 Å². The second kappa shape index (κ2) is 7.48. The number of hydroxylamine groups is 1. The number of amides is 1. The number of nitrogens with one attached hydrogen (secondary N) is 5. The van der Waals surface area contributed by atoms with Crippen molar-refractivity contribution >= 4 is 5.91 Å². The van der Waals surface area contributed by atoms with E-state index in [1.807, 2.05) is 0 Å². The van der Waals surface area contributed by atoms with Crippen LogP contribution in [-0.2, 0) is 9.63 Å². The summed E-state index contributed by atoms with van der Waals surface area (Å²) < 4.78 is 0. The lowest BCUT2D eigenvalue weighted by atomic mass is 9.74. The van der Waals surface area contributed by atoms with Crippen molar-refractivity contribution in [2.24, 2.45) is 23.7 Å². The highest BCUT2D eigenvalue weighted by Gasteiger charge is 2.44. The van der Waals surface area contributed by atoms with Gasteiger partial charge in [-0.15, -0.1) is 0 Å². The van der Waals surface area contributed by atoms with Gasteiger partial charge >= 0.3 is 0 Å². The fourth-order valence-electron chi connectivity index (χ4n) is 5.40. The minimum Gasteiger partial charge on any atom is -0.353 e. The zero-order chi connectivity index (χ0) is 17.4. The Bertz CT molecular complexity index is 490. The van der Waals surface area contributed by atoms with Crippen molar-refractivity contribution in [3.05, 3.63) is 0 Å². The van der Waals surface area contributed by atoms with Crippen LogP contribution < -0.4 is 27.0 Å². The molecule has 7 nitrogen and oxygen atoms in total. The molecule has 2 saturated heterocycles. The Hall–Kier alpha value is -0.730. The first-order valence-corrected chi connectivity index (χ1v) is 10.1. The summed E-state index contributed by atoms with van der Waals surface area (Å²) in [6.07, 6.45) is 7.28. The summed E-state index contributed by atoms with van der Waals surface area (Å²) in [7, 11) is 0. The third-order valence-electron chi connectivity index (χ3n) is 6.69. The molecule has 0 bridgehead atoms. The van der Waals surface area contributed by atoms with Crippen LogP contribution in [0.4, 0.5) is 0 Å². The zero-order valence-corrected chi connectivity index (χ0v) is 15.4. The lowest BCUT2D eigenvalue weighted by molar-refractivity contribution is -0.127. The Morgan fingerprint density at radius 1 is 1.08 bits per heavy atom. The molecular formula is C18H33N5O2. The van der Waals surface area contributed by atoms with E-state index in [1.54, 1.807) is 0 Å². The molecule has 7 unspecified atom stereocenters. The summed E-state index contributed by atoms with van der Waals surface area (Å²) >= 11 is 0. The maximum atomic E-state index is 12.7. The molecule has 25 heavy (non-hydrogen) atoms. The molecule has 4 rings (SSSR count). The average molecular weight is 351 g/mol. The molecule has 0 aromatic heterocycles. The first kappa shape index (κ1) is 17.7. The molecule has 7 heteroatoms.